The summed E-state index contributed by atoms with van der Waals surface area (Å²) < 4.78 is 32.1. The Kier molecular flexibility index (Phi) is 5.32. The lowest BCUT2D eigenvalue weighted by molar-refractivity contribution is -0.682. The monoisotopic (exact) mass is 359 g/mol. The fourth-order valence-corrected chi connectivity index (χ4v) is 2.80. The van der Waals surface area contributed by atoms with Crippen LogP contribution in [-0.2, 0) is 4.79 Å². The second kappa shape index (κ2) is 7.66. The molecule has 2 aromatic carbocycles. The van der Waals surface area contributed by atoms with Crippen molar-refractivity contribution in [1.29, 1.82) is 0 Å². The van der Waals surface area contributed by atoms with Crippen LogP contribution in [-0.4, -0.2) is 12.5 Å². The van der Waals surface area contributed by atoms with E-state index in [0.717, 1.165) is 23.1 Å². The number of rotatable bonds is 6. The summed E-state index contributed by atoms with van der Waals surface area (Å²) in [5.74, 6) is -1.23. The van der Waals surface area contributed by atoms with Crippen molar-refractivity contribution >= 4 is 16.9 Å². The summed E-state index contributed by atoms with van der Waals surface area (Å²) in [6.07, 6.45) is 0. The van der Waals surface area contributed by atoms with Crippen molar-refractivity contribution in [2.75, 3.05) is 6.54 Å². The van der Waals surface area contributed by atoms with E-state index in [2.05, 4.69) is 5.32 Å². The Hall–Kier alpha value is -2.73. The standard InChI is InChI=1S/C20H20F2N2O2/c1-12(14-7-8-16(21)17(22)9-14)23-11-20(25)24-13(2)19-10-15-5-3-4-6-18(15)26-19/h3-10,12-13,23H,11H2,1-2H3,(H,24,25)/p+1/t12-,13-/m1/s1. The van der Waals surface area contributed by atoms with Crippen LogP contribution in [0.5, 0.6) is 0 Å². The van der Waals surface area contributed by atoms with Crippen LogP contribution in [0.2, 0.25) is 0 Å². The first-order valence-electron chi connectivity index (χ1n) is 8.50. The van der Waals surface area contributed by atoms with Gasteiger partial charge in [-0.3, -0.25) is 4.79 Å². The summed E-state index contributed by atoms with van der Waals surface area (Å²) in [5, 5.41) is 5.65. The first-order valence-corrected chi connectivity index (χ1v) is 8.50. The number of carbonyl (C=O) groups excluding carboxylic acids is 1. The quantitative estimate of drug-likeness (QED) is 0.710. The van der Waals surface area contributed by atoms with E-state index in [1.54, 1.807) is 5.32 Å². The molecule has 3 rings (SSSR count). The van der Waals surface area contributed by atoms with E-state index in [1.807, 2.05) is 44.2 Å². The van der Waals surface area contributed by atoms with Gasteiger partial charge in [0.1, 0.15) is 17.4 Å². The summed E-state index contributed by atoms with van der Waals surface area (Å²) in [6.45, 7) is 3.86. The fourth-order valence-electron chi connectivity index (χ4n) is 2.80. The summed E-state index contributed by atoms with van der Waals surface area (Å²) >= 11 is 0. The van der Waals surface area contributed by atoms with Gasteiger partial charge in [0.25, 0.3) is 5.91 Å². The molecule has 0 radical (unpaired) electrons. The Labute approximate surface area is 150 Å². The first-order chi connectivity index (χ1) is 12.4. The highest BCUT2D eigenvalue weighted by molar-refractivity contribution is 5.79. The van der Waals surface area contributed by atoms with E-state index in [1.165, 1.54) is 6.07 Å². The molecule has 2 atom stereocenters. The third-order valence-corrected chi connectivity index (χ3v) is 4.38. The molecule has 0 saturated heterocycles. The summed E-state index contributed by atoms with van der Waals surface area (Å²) in [5.41, 5.74) is 1.41. The molecular weight excluding hydrogens is 338 g/mol. The molecule has 3 N–H and O–H groups in total. The maximum atomic E-state index is 13.3. The predicted octanol–water partition coefficient (Wildman–Crippen LogP) is 3.21. The van der Waals surface area contributed by atoms with Crippen LogP contribution in [0.15, 0.2) is 52.9 Å². The Morgan fingerprint density at radius 3 is 2.62 bits per heavy atom. The molecule has 136 valence electrons. The number of fused-ring (bicyclic) bond motifs is 1. The van der Waals surface area contributed by atoms with E-state index < -0.39 is 11.6 Å². The minimum absolute atomic E-state index is 0.160. The summed E-state index contributed by atoms with van der Waals surface area (Å²) in [4.78, 5) is 12.2. The average molecular weight is 359 g/mol. The van der Waals surface area contributed by atoms with Crippen molar-refractivity contribution in [3.63, 3.8) is 0 Å². The number of amides is 1. The Balaban J connectivity index is 1.55. The van der Waals surface area contributed by atoms with E-state index in [4.69, 9.17) is 4.42 Å². The van der Waals surface area contributed by atoms with E-state index in [9.17, 15) is 13.6 Å². The molecule has 0 fully saturated rings. The van der Waals surface area contributed by atoms with Crippen molar-refractivity contribution < 1.29 is 23.3 Å². The van der Waals surface area contributed by atoms with Gasteiger partial charge in [-0.25, -0.2) is 8.78 Å². The number of para-hydroxylation sites is 1. The molecule has 0 bridgehead atoms. The van der Waals surface area contributed by atoms with E-state index >= 15 is 0 Å². The van der Waals surface area contributed by atoms with Crippen LogP contribution >= 0.6 is 0 Å². The van der Waals surface area contributed by atoms with Gasteiger partial charge in [-0.05, 0) is 44.2 Å². The molecule has 26 heavy (non-hydrogen) atoms. The predicted molar refractivity (Wildman–Crippen MR) is 94.3 cm³/mol. The highest BCUT2D eigenvalue weighted by atomic mass is 19.2. The number of nitrogens with two attached hydrogens (primary N) is 1. The topological polar surface area (TPSA) is 58.9 Å². The van der Waals surface area contributed by atoms with Gasteiger partial charge in [-0.15, -0.1) is 0 Å². The zero-order valence-electron chi connectivity index (χ0n) is 14.6. The molecule has 1 heterocycles. The van der Waals surface area contributed by atoms with Crippen LogP contribution in [0, 0.1) is 11.6 Å². The van der Waals surface area contributed by atoms with Gasteiger partial charge in [0, 0.05) is 10.9 Å². The number of carbonyl (C=O) groups is 1. The molecule has 3 aromatic rings. The number of hydrogen-bond acceptors (Lipinski definition) is 2. The third-order valence-electron chi connectivity index (χ3n) is 4.38. The largest absolute Gasteiger partial charge is 0.459 e. The SMILES string of the molecule is C[C@@H](NC(=O)C[NH2+][C@H](C)c1ccc(F)c(F)c1)c1cc2ccccc2o1. The van der Waals surface area contributed by atoms with Crippen LogP contribution in [0.1, 0.15) is 37.3 Å². The molecule has 0 unspecified atom stereocenters. The zero-order valence-corrected chi connectivity index (χ0v) is 14.6. The maximum Gasteiger partial charge on any atom is 0.275 e. The van der Waals surface area contributed by atoms with Gasteiger partial charge >= 0.3 is 0 Å². The van der Waals surface area contributed by atoms with Crippen molar-refractivity contribution in [3.05, 3.63) is 71.5 Å². The Bertz CT molecular complexity index is 890. The number of nitrogens with one attached hydrogen (secondary N) is 1. The molecule has 1 amide bonds. The number of benzene rings is 2. The molecule has 0 aliphatic rings. The average Bonchev–Trinajstić information content (AvgIpc) is 3.06. The number of quaternary nitrogens is 1. The fraction of sp³-hybridized carbons (Fsp3) is 0.250. The number of furan rings is 1. The lowest BCUT2D eigenvalue weighted by Crippen LogP contribution is -2.87. The van der Waals surface area contributed by atoms with Crippen molar-refractivity contribution in [2.45, 2.75) is 25.9 Å². The number of hydrogen-bond donors (Lipinski definition) is 2. The molecule has 0 saturated carbocycles. The molecule has 0 aliphatic carbocycles. The van der Waals surface area contributed by atoms with Crippen LogP contribution in [0.25, 0.3) is 11.0 Å². The molecule has 1 aromatic heterocycles. The Morgan fingerprint density at radius 1 is 1.12 bits per heavy atom. The molecule has 0 aliphatic heterocycles. The van der Waals surface area contributed by atoms with Crippen LogP contribution in [0.4, 0.5) is 8.78 Å². The lowest BCUT2D eigenvalue weighted by Gasteiger charge is -2.14. The normalized spacial score (nSPS) is 13.5. The zero-order chi connectivity index (χ0) is 18.7. The first kappa shape index (κ1) is 18.1. The minimum Gasteiger partial charge on any atom is -0.459 e. The van der Waals surface area contributed by atoms with Crippen LogP contribution < -0.4 is 10.6 Å². The second-order valence-electron chi connectivity index (χ2n) is 6.38. The second-order valence-corrected chi connectivity index (χ2v) is 6.38. The van der Waals surface area contributed by atoms with Gasteiger partial charge in [-0.1, -0.05) is 18.2 Å². The maximum absolute atomic E-state index is 13.3. The summed E-state index contributed by atoms with van der Waals surface area (Å²) in [6, 6.07) is 12.9. The molecule has 4 nitrogen and oxygen atoms in total. The van der Waals surface area contributed by atoms with Gasteiger partial charge in [0.05, 0.1) is 6.04 Å². The van der Waals surface area contributed by atoms with Crippen LogP contribution in [0.3, 0.4) is 0 Å². The molecule has 6 heteroatoms. The van der Waals surface area contributed by atoms with Crippen molar-refractivity contribution in [2.24, 2.45) is 0 Å². The lowest BCUT2D eigenvalue weighted by atomic mass is 10.1. The van der Waals surface area contributed by atoms with E-state index in [0.29, 0.717) is 11.3 Å². The van der Waals surface area contributed by atoms with Gasteiger partial charge < -0.3 is 15.1 Å². The van der Waals surface area contributed by atoms with Crippen molar-refractivity contribution in [3.8, 4) is 0 Å². The van der Waals surface area contributed by atoms with Gasteiger partial charge in [0.2, 0.25) is 0 Å². The molecular formula is C20H21F2N2O2+. The van der Waals surface area contributed by atoms with E-state index in [-0.39, 0.29) is 24.5 Å². The Morgan fingerprint density at radius 2 is 1.88 bits per heavy atom. The highest BCUT2D eigenvalue weighted by Crippen LogP contribution is 2.23. The van der Waals surface area contributed by atoms with Crippen molar-refractivity contribution in [1.82, 2.24) is 5.32 Å². The van der Waals surface area contributed by atoms with Gasteiger partial charge in [-0.2, -0.15) is 0 Å². The highest BCUT2D eigenvalue weighted by Gasteiger charge is 2.17. The third kappa shape index (κ3) is 4.08. The van der Waals surface area contributed by atoms with Gasteiger partial charge in [0.15, 0.2) is 18.2 Å². The molecule has 0 spiro atoms. The smallest absolute Gasteiger partial charge is 0.275 e. The minimum atomic E-state index is -0.884. The summed E-state index contributed by atoms with van der Waals surface area (Å²) in [7, 11) is 0. The number of halogens is 2.